The summed E-state index contributed by atoms with van der Waals surface area (Å²) in [7, 11) is 0. The van der Waals surface area contributed by atoms with Gasteiger partial charge in [0.1, 0.15) is 12.4 Å². The van der Waals surface area contributed by atoms with Gasteiger partial charge in [-0.25, -0.2) is 4.98 Å². The number of hydrogen-bond donors (Lipinski definition) is 1. The quantitative estimate of drug-likeness (QED) is 0.508. The van der Waals surface area contributed by atoms with E-state index in [1.165, 1.54) is 0 Å². The Hall–Kier alpha value is -2.56. The zero-order valence-electron chi connectivity index (χ0n) is 15.1. The van der Waals surface area contributed by atoms with Gasteiger partial charge in [-0.05, 0) is 42.8 Å². The maximum Gasteiger partial charge on any atom is 0.213 e. The molecule has 0 unspecified atom stereocenters. The van der Waals surface area contributed by atoms with E-state index in [4.69, 9.17) is 21.1 Å². The van der Waals surface area contributed by atoms with Crippen LogP contribution in [0.3, 0.4) is 0 Å². The van der Waals surface area contributed by atoms with Gasteiger partial charge in [-0.1, -0.05) is 48.0 Å². The SMILES string of the molecule is Clc1ccc(OCc2ccccc2)c(CNCCCOc2ccccn2)c1. The molecule has 1 heterocycles. The molecule has 0 fully saturated rings. The van der Waals surface area contributed by atoms with Crippen LogP contribution < -0.4 is 14.8 Å². The lowest BCUT2D eigenvalue weighted by Crippen LogP contribution is -2.17. The fourth-order valence-corrected chi connectivity index (χ4v) is 2.79. The normalized spacial score (nSPS) is 10.6. The highest BCUT2D eigenvalue weighted by Gasteiger charge is 2.05. The molecule has 0 saturated carbocycles. The first-order valence-electron chi connectivity index (χ1n) is 9.01. The Bertz CT molecular complexity index is 813. The topological polar surface area (TPSA) is 43.4 Å². The third-order valence-corrected chi connectivity index (χ3v) is 4.20. The molecule has 0 aliphatic rings. The largest absolute Gasteiger partial charge is 0.489 e. The molecular formula is C22H23ClN2O2. The van der Waals surface area contributed by atoms with Crippen molar-refractivity contribution in [1.82, 2.24) is 10.3 Å². The number of aromatic nitrogens is 1. The minimum absolute atomic E-state index is 0.535. The summed E-state index contributed by atoms with van der Waals surface area (Å²) in [4.78, 5) is 4.14. The van der Waals surface area contributed by atoms with Crippen molar-refractivity contribution >= 4 is 11.6 Å². The van der Waals surface area contributed by atoms with Crippen LogP contribution >= 0.6 is 11.6 Å². The molecule has 140 valence electrons. The van der Waals surface area contributed by atoms with E-state index >= 15 is 0 Å². The van der Waals surface area contributed by atoms with Gasteiger partial charge in [-0.3, -0.25) is 0 Å². The van der Waals surface area contributed by atoms with Crippen LogP contribution in [0.2, 0.25) is 5.02 Å². The van der Waals surface area contributed by atoms with Crippen LogP contribution in [0.15, 0.2) is 72.9 Å². The molecule has 3 aromatic rings. The highest BCUT2D eigenvalue weighted by molar-refractivity contribution is 6.30. The smallest absolute Gasteiger partial charge is 0.213 e. The fraction of sp³-hybridized carbons (Fsp3) is 0.227. The van der Waals surface area contributed by atoms with Crippen LogP contribution in [0.1, 0.15) is 17.5 Å². The maximum absolute atomic E-state index is 6.15. The van der Waals surface area contributed by atoms with Gasteiger partial charge in [-0.15, -0.1) is 0 Å². The third-order valence-electron chi connectivity index (χ3n) is 3.96. The van der Waals surface area contributed by atoms with Crippen molar-refractivity contribution in [2.75, 3.05) is 13.2 Å². The van der Waals surface area contributed by atoms with Gasteiger partial charge in [0.2, 0.25) is 5.88 Å². The van der Waals surface area contributed by atoms with Gasteiger partial charge in [0.15, 0.2) is 0 Å². The van der Waals surface area contributed by atoms with Crippen molar-refractivity contribution in [2.24, 2.45) is 0 Å². The molecule has 0 saturated heterocycles. The molecule has 0 aliphatic heterocycles. The molecule has 0 bridgehead atoms. The van der Waals surface area contributed by atoms with E-state index in [0.29, 0.717) is 30.7 Å². The zero-order valence-corrected chi connectivity index (χ0v) is 15.9. The van der Waals surface area contributed by atoms with E-state index in [9.17, 15) is 0 Å². The summed E-state index contributed by atoms with van der Waals surface area (Å²) in [6.45, 7) is 2.68. The Morgan fingerprint density at radius 1 is 0.926 bits per heavy atom. The number of nitrogens with zero attached hydrogens (tertiary/aromatic N) is 1. The second-order valence-electron chi connectivity index (χ2n) is 6.07. The molecule has 4 nitrogen and oxygen atoms in total. The molecule has 0 spiro atoms. The van der Waals surface area contributed by atoms with Crippen LogP contribution in [-0.4, -0.2) is 18.1 Å². The minimum Gasteiger partial charge on any atom is -0.489 e. The van der Waals surface area contributed by atoms with E-state index < -0.39 is 0 Å². The average Bonchev–Trinajstić information content (AvgIpc) is 2.71. The predicted molar refractivity (Wildman–Crippen MR) is 108 cm³/mol. The number of hydrogen-bond acceptors (Lipinski definition) is 4. The Morgan fingerprint density at radius 3 is 2.59 bits per heavy atom. The van der Waals surface area contributed by atoms with Crippen molar-refractivity contribution in [3.05, 3.63) is 89.1 Å². The van der Waals surface area contributed by atoms with Gasteiger partial charge in [-0.2, -0.15) is 0 Å². The molecule has 1 aromatic heterocycles. The molecule has 0 atom stereocenters. The van der Waals surface area contributed by atoms with Crippen molar-refractivity contribution in [3.63, 3.8) is 0 Å². The summed E-state index contributed by atoms with van der Waals surface area (Å²) < 4.78 is 11.6. The Labute approximate surface area is 165 Å². The summed E-state index contributed by atoms with van der Waals surface area (Å²) in [6.07, 6.45) is 2.61. The molecule has 2 aromatic carbocycles. The Kier molecular flexibility index (Phi) is 7.51. The standard InChI is InChI=1S/C22H23ClN2O2/c23-20-10-11-21(27-17-18-7-2-1-3-8-18)19(15-20)16-24-12-6-14-26-22-9-4-5-13-25-22/h1-5,7-11,13,15,24H,6,12,14,16-17H2. The first-order chi connectivity index (χ1) is 13.3. The summed E-state index contributed by atoms with van der Waals surface area (Å²) in [5, 5.41) is 4.12. The lowest BCUT2D eigenvalue weighted by molar-refractivity contribution is 0.294. The monoisotopic (exact) mass is 382 g/mol. The Morgan fingerprint density at radius 2 is 1.78 bits per heavy atom. The van der Waals surface area contributed by atoms with Crippen molar-refractivity contribution in [3.8, 4) is 11.6 Å². The summed E-state index contributed by atoms with van der Waals surface area (Å²) in [5.74, 6) is 1.50. The van der Waals surface area contributed by atoms with Crippen molar-refractivity contribution in [1.29, 1.82) is 0 Å². The van der Waals surface area contributed by atoms with Gasteiger partial charge in [0.25, 0.3) is 0 Å². The first-order valence-corrected chi connectivity index (χ1v) is 9.39. The highest BCUT2D eigenvalue weighted by Crippen LogP contribution is 2.24. The molecule has 0 amide bonds. The van der Waals surface area contributed by atoms with E-state index in [1.807, 2.05) is 54.6 Å². The summed E-state index contributed by atoms with van der Waals surface area (Å²) in [5.41, 5.74) is 2.18. The van der Waals surface area contributed by atoms with Crippen LogP contribution in [0.5, 0.6) is 11.6 Å². The number of ether oxygens (including phenoxy) is 2. The number of rotatable bonds is 10. The van der Waals surface area contributed by atoms with E-state index in [2.05, 4.69) is 22.4 Å². The number of pyridine rings is 1. The predicted octanol–water partition coefficient (Wildman–Crippen LogP) is 4.87. The summed E-state index contributed by atoms with van der Waals surface area (Å²) in [6, 6.07) is 21.5. The van der Waals surface area contributed by atoms with E-state index in [1.54, 1.807) is 6.20 Å². The van der Waals surface area contributed by atoms with Crippen LogP contribution in [-0.2, 0) is 13.2 Å². The molecular weight excluding hydrogens is 360 g/mol. The average molecular weight is 383 g/mol. The van der Waals surface area contributed by atoms with Crippen LogP contribution in [0, 0.1) is 0 Å². The molecule has 3 rings (SSSR count). The number of nitrogens with one attached hydrogen (secondary N) is 1. The molecule has 5 heteroatoms. The lowest BCUT2D eigenvalue weighted by Gasteiger charge is -2.13. The van der Waals surface area contributed by atoms with E-state index in [-0.39, 0.29) is 0 Å². The molecule has 0 radical (unpaired) electrons. The second kappa shape index (κ2) is 10.6. The maximum atomic E-state index is 6.15. The molecule has 0 aliphatic carbocycles. The molecule has 1 N–H and O–H groups in total. The lowest BCUT2D eigenvalue weighted by atomic mass is 10.2. The third kappa shape index (κ3) is 6.59. The van der Waals surface area contributed by atoms with Crippen LogP contribution in [0.4, 0.5) is 0 Å². The van der Waals surface area contributed by atoms with Crippen LogP contribution in [0.25, 0.3) is 0 Å². The number of halogens is 1. The fourth-order valence-electron chi connectivity index (χ4n) is 2.59. The highest BCUT2D eigenvalue weighted by atomic mass is 35.5. The van der Waals surface area contributed by atoms with Gasteiger partial charge < -0.3 is 14.8 Å². The Balaban J connectivity index is 1.44. The second-order valence-corrected chi connectivity index (χ2v) is 6.51. The zero-order chi connectivity index (χ0) is 18.7. The van der Waals surface area contributed by atoms with Gasteiger partial charge in [0.05, 0.1) is 6.61 Å². The van der Waals surface area contributed by atoms with Crippen molar-refractivity contribution < 1.29 is 9.47 Å². The number of benzene rings is 2. The minimum atomic E-state index is 0.535. The summed E-state index contributed by atoms with van der Waals surface area (Å²) >= 11 is 6.15. The van der Waals surface area contributed by atoms with Crippen molar-refractivity contribution in [2.45, 2.75) is 19.6 Å². The first kappa shape index (κ1) is 19.2. The van der Waals surface area contributed by atoms with E-state index in [0.717, 1.165) is 29.8 Å². The van der Waals surface area contributed by atoms with Gasteiger partial charge in [0, 0.05) is 29.4 Å². The molecule has 27 heavy (non-hydrogen) atoms. The van der Waals surface area contributed by atoms with Gasteiger partial charge >= 0.3 is 0 Å².